The van der Waals surface area contributed by atoms with Crippen LogP contribution in [0.3, 0.4) is 0 Å². The van der Waals surface area contributed by atoms with Crippen molar-refractivity contribution in [3.05, 3.63) is 0 Å². The first-order valence-electron chi connectivity index (χ1n) is 5.59. The molecule has 0 saturated carbocycles. The second-order valence-corrected chi connectivity index (χ2v) is 4.07. The van der Waals surface area contributed by atoms with Crippen LogP contribution in [-0.4, -0.2) is 24.5 Å². The zero-order valence-electron chi connectivity index (χ0n) is 9.09. The average molecular weight is 206 g/mol. The number of likely N-dealkylation sites (tertiary alicyclic amines) is 1. The monoisotopic (exact) mass is 205 g/mol. The lowest BCUT2D eigenvalue weighted by atomic mass is 10.1. The summed E-state index contributed by atoms with van der Waals surface area (Å²) in [7, 11) is 0. The number of unbranched alkanes of at least 4 members (excludes halogenated alkanes) is 2. The summed E-state index contributed by atoms with van der Waals surface area (Å²) >= 11 is 0. The topological polar surface area (TPSA) is 3.24 Å². The van der Waals surface area contributed by atoms with E-state index in [1.165, 1.54) is 51.7 Å². The fourth-order valence-corrected chi connectivity index (χ4v) is 2.03. The Labute approximate surface area is 89.3 Å². The molecule has 0 N–H and O–H groups in total. The normalized spacial score (nSPS) is 23.1. The van der Waals surface area contributed by atoms with Crippen LogP contribution >= 0.6 is 12.4 Å². The van der Waals surface area contributed by atoms with Crippen LogP contribution in [-0.2, 0) is 0 Å². The third-order valence-electron chi connectivity index (χ3n) is 3.03. The molecule has 1 unspecified atom stereocenters. The molecular formula is C11H24ClN. The molecule has 0 aromatic heterocycles. The van der Waals surface area contributed by atoms with Crippen molar-refractivity contribution >= 4 is 12.4 Å². The van der Waals surface area contributed by atoms with Crippen LogP contribution in [0.4, 0.5) is 0 Å². The third kappa shape index (κ3) is 4.87. The molecule has 2 heteroatoms. The Bertz CT molecular complexity index is 117. The van der Waals surface area contributed by atoms with Gasteiger partial charge in [0, 0.05) is 6.54 Å². The summed E-state index contributed by atoms with van der Waals surface area (Å²) in [4.78, 5) is 2.64. The maximum atomic E-state index is 2.64. The first-order chi connectivity index (χ1) is 5.86. The molecule has 0 bridgehead atoms. The van der Waals surface area contributed by atoms with Crippen LogP contribution in [0.15, 0.2) is 0 Å². The number of halogens is 1. The smallest absolute Gasteiger partial charge is 0.00100 e. The molecule has 1 saturated heterocycles. The van der Waals surface area contributed by atoms with Crippen molar-refractivity contribution in [2.45, 2.75) is 46.0 Å². The van der Waals surface area contributed by atoms with Gasteiger partial charge >= 0.3 is 0 Å². The number of rotatable bonds is 5. The highest BCUT2D eigenvalue weighted by molar-refractivity contribution is 5.85. The molecule has 0 spiro atoms. The lowest BCUT2D eigenvalue weighted by Gasteiger charge is -2.14. The van der Waals surface area contributed by atoms with Gasteiger partial charge in [0.25, 0.3) is 0 Å². The molecule has 1 fully saturated rings. The summed E-state index contributed by atoms with van der Waals surface area (Å²) in [5.41, 5.74) is 0. The van der Waals surface area contributed by atoms with Gasteiger partial charge in [0.05, 0.1) is 0 Å². The van der Waals surface area contributed by atoms with Gasteiger partial charge in [-0.1, -0.05) is 33.1 Å². The van der Waals surface area contributed by atoms with Crippen LogP contribution in [0.5, 0.6) is 0 Å². The van der Waals surface area contributed by atoms with E-state index >= 15 is 0 Å². The molecule has 13 heavy (non-hydrogen) atoms. The molecule has 0 radical (unpaired) electrons. The molecule has 0 aliphatic carbocycles. The van der Waals surface area contributed by atoms with Crippen LogP contribution in [0, 0.1) is 5.92 Å². The largest absolute Gasteiger partial charge is 0.303 e. The second-order valence-electron chi connectivity index (χ2n) is 4.07. The minimum absolute atomic E-state index is 0. The predicted molar refractivity (Wildman–Crippen MR) is 61.6 cm³/mol. The molecule has 1 rings (SSSR count). The van der Waals surface area contributed by atoms with E-state index in [4.69, 9.17) is 0 Å². The molecule has 1 nitrogen and oxygen atoms in total. The van der Waals surface area contributed by atoms with Crippen molar-refractivity contribution in [3.63, 3.8) is 0 Å². The fourth-order valence-electron chi connectivity index (χ4n) is 2.03. The van der Waals surface area contributed by atoms with Crippen molar-refractivity contribution in [1.29, 1.82) is 0 Å². The van der Waals surface area contributed by atoms with E-state index in [1.54, 1.807) is 0 Å². The van der Waals surface area contributed by atoms with Gasteiger partial charge in [0.15, 0.2) is 0 Å². The fraction of sp³-hybridized carbons (Fsp3) is 1.00. The van der Waals surface area contributed by atoms with Crippen LogP contribution < -0.4 is 0 Å². The quantitative estimate of drug-likeness (QED) is 0.623. The van der Waals surface area contributed by atoms with Gasteiger partial charge in [-0.15, -0.1) is 12.4 Å². The number of hydrogen-bond donors (Lipinski definition) is 0. The lowest BCUT2D eigenvalue weighted by molar-refractivity contribution is 0.314. The standard InChI is InChI=1S/C11H23N.ClH/c1-3-5-6-8-12-9-7-11(4-2)10-12;/h11H,3-10H2,1-2H3;1H. The summed E-state index contributed by atoms with van der Waals surface area (Å²) in [6.07, 6.45) is 7.00. The van der Waals surface area contributed by atoms with E-state index in [0.717, 1.165) is 5.92 Å². The highest BCUT2D eigenvalue weighted by Crippen LogP contribution is 2.19. The molecule has 1 atom stereocenters. The highest BCUT2D eigenvalue weighted by atomic mass is 35.5. The van der Waals surface area contributed by atoms with Crippen LogP contribution in [0.2, 0.25) is 0 Å². The molecule has 0 aromatic carbocycles. The van der Waals surface area contributed by atoms with Gasteiger partial charge in [0.1, 0.15) is 0 Å². The number of hydrogen-bond acceptors (Lipinski definition) is 1. The van der Waals surface area contributed by atoms with Gasteiger partial charge in [0.2, 0.25) is 0 Å². The number of nitrogens with zero attached hydrogens (tertiary/aromatic N) is 1. The van der Waals surface area contributed by atoms with Crippen LogP contribution in [0.1, 0.15) is 46.0 Å². The van der Waals surface area contributed by atoms with Crippen molar-refractivity contribution in [2.75, 3.05) is 19.6 Å². The van der Waals surface area contributed by atoms with Crippen molar-refractivity contribution in [3.8, 4) is 0 Å². The minimum atomic E-state index is 0. The Morgan fingerprint density at radius 3 is 2.54 bits per heavy atom. The third-order valence-corrected chi connectivity index (χ3v) is 3.03. The van der Waals surface area contributed by atoms with Gasteiger partial charge in [-0.25, -0.2) is 0 Å². The first-order valence-corrected chi connectivity index (χ1v) is 5.59. The Morgan fingerprint density at radius 2 is 2.00 bits per heavy atom. The Balaban J connectivity index is 0.00000144. The van der Waals surface area contributed by atoms with Gasteiger partial charge in [-0.3, -0.25) is 0 Å². The summed E-state index contributed by atoms with van der Waals surface area (Å²) in [6.45, 7) is 8.69. The van der Waals surface area contributed by atoms with Gasteiger partial charge < -0.3 is 4.90 Å². The predicted octanol–water partition coefficient (Wildman–Crippen LogP) is 3.33. The summed E-state index contributed by atoms with van der Waals surface area (Å²) < 4.78 is 0. The molecular weight excluding hydrogens is 182 g/mol. The minimum Gasteiger partial charge on any atom is -0.303 e. The summed E-state index contributed by atoms with van der Waals surface area (Å²) in [5, 5.41) is 0. The van der Waals surface area contributed by atoms with Crippen molar-refractivity contribution in [1.82, 2.24) is 4.90 Å². The van der Waals surface area contributed by atoms with E-state index in [-0.39, 0.29) is 12.4 Å². The molecule has 0 aromatic rings. The van der Waals surface area contributed by atoms with Crippen molar-refractivity contribution < 1.29 is 0 Å². The molecule has 0 amide bonds. The van der Waals surface area contributed by atoms with E-state index in [2.05, 4.69) is 18.7 Å². The van der Waals surface area contributed by atoms with E-state index in [1.807, 2.05) is 0 Å². The van der Waals surface area contributed by atoms with E-state index in [9.17, 15) is 0 Å². The van der Waals surface area contributed by atoms with Gasteiger partial charge in [-0.05, 0) is 31.8 Å². The zero-order valence-corrected chi connectivity index (χ0v) is 9.91. The zero-order chi connectivity index (χ0) is 8.81. The van der Waals surface area contributed by atoms with Crippen molar-refractivity contribution in [2.24, 2.45) is 5.92 Å². The Morgan fingerprint density at radius 1 is 1.23 bits per heavy atom. The van der Waals surface area contributed by atoms with Crippen LogP contribution in [0.25, 0.3) is 0 Å². The summed E-state index contributed by atoms with van der Waals surface area (Å²) in [6, 6.07) is 0. The first kappa shape index (κ1) is 13.2. The van der Waals surface area contributed by atoms with E-state index < -0.39 is 0 Å². The van der Waals surface area contributed by atoms with Gasteiger partial charge in [-0.2, -0.15) is 0 Å². The highest BCUT2D eigenvalue weighted by Gasteiger charge is 2.19. The summed E-state index contributed by atoms with van der Waals surface area (Å²) in [5.74, 6) is 1.01. The molecule has 1 aliphatic heterocycles. The maximum absolute atomic E-state index is 2.64. The SMILES string of the molecule is CCCCCN1CCC(CC)C1.Cl. The molecule has 80 valence electrons. The molecule has 1 heterocycles. The second kappa shape index (κ2) is 7.64. The maximum Gasteiger partial charge on any atom is 0.00100 e. The molecule has 1 aliphatic rings. The Kier molecular flexibility index (Phi) is 7.78. The lowest BCUT2D eigenvalue weighted by Crippen LogP contribution is -2.21. The average Bonchev–Trinajstić information content (AvgIpc) is 2.53. The Hall–Kier alpha value is 0.250. The van der Waals surface area contributed by atoms with E-state index in [0.29, 0.717) is 0 Å².